The molecule has 0 aliphatic carbocycles. The smallest absolute Gasteiger partial charge is 0.254 e. The molecule has 4 aliphatic rings. The van der Waals surface area contributed by atoms with Gasteiger partial charge in [-0.15, -0.1) is 0 Å². The van der Waals surface area contributed by atoms with Crippen LogP contribution in [-0.4, -0.2) is 114 Å². The van der Waals surface area contributed by atoms with Gasteiger partial charge < -0.3 is 24.4 Å². The van der Waals surface area contributed by atoms with Crippen molar-refractivity contribution in [1.82, 2.24) is 29.7 Å². The lowest BCUT2D eigenvalue weighted by Crippen LogP contribution is -2.67. The average Bonchev–Trinajstić information content (AvgIpc) is 3.43. The Balaban J connectivity index is 1.00. The molecule has 0 bridgehead atoms. The van der Waals surface area contributed by atoms with Crippen LogP contribution >= 0.6 is 0 Å². The summed E-state index contributed by atoms with van der Waals surface area (Å²) in [6, 6.07) is 11.4. The van der Waals surface area contributed by atoms with E-state index in [-0.39, 0.29) is 11.3 Å². The molecule has 4 fully saturated rings. The van der Waals surface area contributed by atoms with E-state index in [1.54, 1.807) is 0 Å². The summed E-state index contributed by atoms with van der Waals surface area (Å²) in [5.74, 6) is 0.107. The third-order valence-electron chi connectivity index (χ3n) is 10.9. The van der Waals surface area contributed by atoms with Gasteiger partial charge in [0.2, 0.25) is 0 Å². The van der Waals surface area contributed by atoms with Gasteiger partial charge in [0.05, 0.1) is 30.5 Å². The van der Waals surface area contributed by atoms with E-state index in [0.717, 1.165) is 103 Å². The number of aromatic amines is 1. The summed E-state index contributed by atoms with van der Waals surface area (Å²) in [7, 11) is 2.24. The SMILES string of the molecule is Cc1cc(-c2c[nH]c3ncc(-c4cc(C)c(N5CCN(C6CCN(C)CC6)CC5)c(C)c4)nc23)ccc1C(=O)N1CC2(COC2)C1. The van der Waals surface area contributed by atoms with Crippen molar-refractivity contribution in [2.24, 2.45) is 5.41 Å². The molecule has 1 amide bonds. The summed E-state index contributed by atoms with van der Waals surface area (Å²) in [6.45, 7) is 16.5. The monoisotopic (exact) mass is 619 g/mol. The van der Waals surface area contributed by atoms with Crippen LogP contribution in [0.3, 0.4) is 0 Å². The number of nitrogens with zero attached hydrogens (tertiary/aromatic N) is 6. The Bertz CT molecular complexity index is 1760. The minimum Gasteiger partial charge on any atom is -0.380 e. The fourth-order valence-corrected chi connectivity index (χ4v) is 8.25. The van der Waals surface area contributed by atoms with Crippen molar-refractivity contribution in [3.05, 3.63) is 65.0 Å². The van der Waals surface area contributed by atoms with Crippen LogP contribution in [0, 0.1) is 26.2 Å². The molecule has 4 aromatic rings. The number of amides is 1. The predicted octanol–water partition coefficient (Wildman–Crippen LogP) is 4.91. The summed E-state index contributed by atoms with van der Waals surface area (Å²) in [6.07, 6.45) is 6.43. The lowest BCUT2D eigenvalue weighted by Gasteiger charge is -2.55. The van der Waals surface area contributed by atoms with Gasteiger partial charge in [-0.2, -0.15) is 0 Å². The van der Waals surface area contributed by atoms with Crippen LogP contribution in [0.4, 0.5) is 5.69 Å². The number of likely N-dealkylation sites (tertiary alicyclic amines) is 2. The number of nitrogens with one attached hydrogen (secondary N) is 1. The minimum absolute atomic E-state index is 0.107. The fourth-order valence-electron chi connectivity index (χ4n) is 8.25. The number of piperidine rings is 1. The normalized spacial score (nSPS) is 20.7. The second kappa shape index (κ2) is 11.5. The van der Waals surface area contributed by atoms with Crippen molar-refractivity contribution in [2.45, 2.75) is 39.7 Å². The lowest BCUT2D eigenvalue weighted by atomic mass is 9.77. The first-order chi connectivity index (χ1) is 22.3. The third-order valence-corrected chi connectivity index (χ3v) is 10.9. The molecule has 2 aromatic heterocycles. The van der Waals surface area contributed by atoms with E-state index < -0.39 is 0 Å². The Morgan fingerprint density at radius 1 is 0.913 bits per heavy atom. The highest BCUT2D eigenvalue weighted by Crippen LogP contribution is 2.39. The molecule has 0 unspecified atom stereocenters. The fraction of sp³-hybridized carbons (Fsp3) is 0.486. The van der Waals surface area contributed by atoms with E-state index in [1.165, 1.54) is 42.7 Å². The second-order valence-electron chi connectivity index (χ2n) is 14.4. The summed E-state index contributed by atoms with van der Waals surface area (Å²) in [4.78, 5) is 36.1. The molecule has 0 radical (unpaired) electrons. The summed E-state index contributed by atoms with van der Waals surface area (Å²) < 4.78 is 5.37. The number of hydrogen-bond donors (Lipinski definition) is 1. The van der Waals surface area contributed by atoms with Crippen molar-refractivity contribution in [3.63, 3.8) is 0 Å². The van der Waals surface area contributed by atoms with E-state index in [0.29, 0.717) is 0 Å². The number of ether oxygens (including phenoxy) is 1. The van der Waals surface area contributed by atoms with E-state index in [9.17, 15) is 4.79 Å². The highest BCUT2D eigenvalue weighted by Gasteiger charge is 2.50. The first-order valence-electron chi connectivity index (χ1n) is 16.9. The van der Waals surface area contributed by atoms with Crippen LogP contribution in [-0.2, 0) is 4.74 Å². The second-order valence-corrected chi connectivity index (χ2v) is 14.4. The molecule has 1 N–H and O–H groups in total. The molecule has 8 rings (SSSR count). The molecule has 240 valence electrons. The van der Waals surface area contributed by atoms with Crippen LogP contribution in [0.15, 0.2) is 42.7 Å². The predicted molar refractivity (Wildman–Crippen MR) is 182 cm³/mol. The van der Waals surface area contributed by atoms with Crippen molar-refractivity contribution >= 4 is 22.8 Å². The maximum Gasteiger partial charge on any atom is 0.254 e. The van der Waals surface area contributed by atoms with E-state index in [4.69, 9.17) is 14.7 Å². The molecule has 4 aliphatic heterocycles. The Kier molecular flexibility index (Phi) is 7.38. The molecule has 9 heteroatoms. The van der Waals surface area contributed by atoms with Gasteiger partial charge in [-0.1, -0.05) is 12.1 Å². The van der Waals surface area contributed by atoms with Gasteiger partial charge >= 0.3 is 0 Å². The molecule has 0 saturated carbocycles. The Hall–Kier alpha value is -3.79. The Labute approximate surface area is 271 Å². The zero-order chi connectivity index (χ0) is 31.6. The van der Waals surface area contributed by atoms with Crippen LogP contribution in [0.2, 0.25) is 0 Å². The Morgan fingerprint density at radius 3 is 2.26 bits per heavy atom. The molecule has 4 saturated heterocycles. The first-order valence-corrected chi connectivity index (χ1v) is 16.9. The molecular weight excluding hydrogens is 574 g/mol. The average molecular weight is 620 g/mol. The van der Waals surface area contributed by atoms with Crippen molar-refractivity contribution in [2.75, 3.05) is 77.5 Å². The number of aryl methyl sites for hydroxylation is 3. The highest BCUT2D eigenvalue weighted by atomic mass is 16.5. The maximum atomic E-state index is 13.2. The summed E-state index contributed by atoms with van der Waals surface area (Å²) in [5, 5.41) is 0. The molecular formula is C37H45N7O2. The zero-order valence-electron chi connectivity index (χ0n) is 27.6. The molecule has 2 aromatic carbocycles. The van der Waals surface area contributed by atoms with Gasteiger partial charge in [0.15, 0.2) is 5.65 Å². The number of carbonyl (C=O) groups is 1. The van der Waals surface area contributed by atoms with Crippen LogP contribution in [0.1, 0.15) is 39.9 Å². The van der Waals surface area contributed by atoms with Gasteiger partial charge in [-0.3, -0.25) is 9.69 Å². The molecule has 46 heavy (non-hydrogen) atoms. The summed E-state index contributed by atoms with van der Waals surface area (Å²) >= 11 is 0. The number of anilines is 1. The van der Waals surface area contributed by atoms with E-state index in [1.807, 2.05) is 36.4 Å². The van der Waals surface area contributed by atoms with Crippen LogP contribution < -0.4 is 4.90 Å². The Morgan fingerprint density at radius 2 is 1.61 bits per heavy atom. The lowest BCUT2D eigenvalue weighted by molar-refractivity contribution is -0.176. The minimum atomic E-state index is 0.107. The van der Waals surface area contributed by atoms with Crippen molar-refractivity contribution in [3.8, 4) is 22.4 Å². The first kappa shape index (κ1) is 29.6. The summed E-state index contributed by atoms with van der Waals surface area (Å²) in [5.41, 5.74) is 11.5. The number of rotatable bonds is 5. The van der Waals surface area contributed by atoms with Gasteiger partial charge in [0, 0.05) is 73.9 Å². The number of H-pyrrole nitrogens is 1. The number of hydrogen-bond acceptors (Lipinski definition) is 7. The van der Waals surface area contributed by atoms with Crippen molar-refractivity contribution < 1.29 is 9.53 Å². The maximum absolute atomic E-state index is 13.2. The molecule has 1 spiro atoms. The number of carbonyl (C=O) groups excluding carboxylic acids is 1. The number of fused-ring (bicyclic) bond motifs is 1. The number of aromatic nitrogens is 3. The standard InChI is InChI=1S/C37H45N7O2/c1-24-15-27(5-6-30(24)36(45)44-20-37(21-44)22-46-23-37)31-18-38-35-33(31)40-32(19-39-35)28-16-25(2)34(26(3)17-28)43-13-11-42(12-14-43)29-7-9-41(4)10-8-29/h5-6,15-19,29H,7-14,20-23H2,1-4H3,(H,38,39). The van der Waals surface area contributed by atoms with E-state index in [2.05, 4.69) is 58.8 Å². The van der Waals surface area contributed by atoms with Gasteiger partial charge in [-0.25, -0.2) is 9.97 Å². The van der Waals surface area contributed by atoms with Crippen molar-refractivity contribution in [1.29, 1.82) is 0 Å². The third kappa shape index (κ3) is 5.18. The zero-order valence-corrected chi connectivity index (χ0v) is 27.6. The molecule has 0 atom stereocenters. The number of piperazine rings is 1. The number of benzene rings is 2. The highest BCUT2D eigenvalue weighted by molar-refractivity contribution is 5.98. The van der Waals surface area contributed by atoms with Crippen LogP contribution in [0.5, 0.6) is 0 Å². The molecule has 9 nitrogen and oxygen atoms in total. The molecule has 6 heterocycles. The van der Waals surface area contributed by atoms with Gasteiger partial charge in [-0.05, 0) is 94.2 Å². The topological polar surface area (TPSA) is 80.8 Å². The largest absolute Gasteiger partial charge is 0.380 e. The van der Waals surface area contributed by atoms with Gasteiger partial charge in [0.1, 0.15) is 5.52 Å². The van der Waals surface area contributed by atoms with E-state index >= 15 is 0 Å². The quantitative estimate of drug-likeness (QED) is 0.340. The van der Waals surface area contributed by atoms with Gasteiger partial charge in [0.25, 0.3) is 5.91 Å². The van der Waals surface area contributed by atoms with Crippen LogP contribution in [0.25, 0.3) is 33.5 Å².